The first kappa shape index (κ1) is 34.3. The normalized spacial score (nSPS) is 18.7. The highest BCUT2D eigenvalue weighted by molar-refractivity contribution is 6.31. The number of hydrogen-bond donors (Lipinski definition) is 7. The van der Waals surface area contributed by atoms with Gasteiger partial charge in [-0.15, -0.1) is 0 Å². The molecule has 2 aliphatic carbocycles. The van der Waals surface area contributed by atoms with E-state index in [-0.39, 0.29) is 18.0 Å². The minimum absolute atomic E-state index is 0.160. The lowest BCUT2D eigenvalue weighted by molar-refractivity contribution is -0.148. The average molecular weight is 654 g/mol. The number of ether oxygens (including phenoxy) is 1. The first-order chi connectivity index (χ1) is 22.1. The number of nitrogens with one attached hydrogen (secondary N) is 2. The number of benzene rings is 2. The van der Waals surface area contributed by atoms with Crippen LogP contribution in [0.1, 0.15) is 68.1 Å². The quantitative estimate of drug-likeness (QED) is 0.108. The summed E-state index contributed by atoms with van der Waals surface area (Å²) in [5, 5.41) is 55.0. The SMILES string of the molecule is CC(CCCNC(=O)C(O)C(O)C(O)C(O)CO)c1ccc(Cl)c(CNC2(c3cnccc3-c3ccccc3OC3CC3)CC2)c1. The number of aliphatic hydroxyl groups excluding tert-OH is 5. The zero-order chi connectivity index (χ0) is 32.8. The molecule has 10 nitrogen and oxygen atoms in total. The smallest absolute Gasteiger partial charge is 0.251 e. The van der Waals surface area contributed by atoms with Gasteiger partial charge in [0.25, 0.3) is 5.91 Å². The highest BCUT2D eigenvalue weighted by Crippen LogP contribution is 2.50. The van der Waals surface area contributed by atoms with Gasteiger partial charge in [0.1, 0.15) is 24.1 Å². The molecular weight excluding hydrogens is 610 g/mol. The summed E-state index contributed by atoms with van der Waals surface area (Å²) >= 11 is 6.66. The monoisotopic (exact) mass is 653 g/mol. The lowest BCUT2D eigenvalue weighted by Crippen LogP contribution is -2.51. The van der Waals surface area contributed by atoms with Crippen LogP contribution in [0.3, 0.4) is 0 Å². The highest BCUT2D eigenvalue weighted by Gasteiger charge is 2.46. The van der Waals surface area contributed by atoms with Crippen molar-refractivity contribution in [2.75, 3.05) is 13.2 Å². The van der Waals surface area contributed by atoms with Crippen LogP contribution >= 0.6 is 11.6 Å². The second-order valence-corrected chi connectivity index (χ2v) is 12.9. The fourth-order valence-corrected chi connectivity index (χ4v) is 5.89. The molecule has 0 radical (unpaired) electrons. The number of rotatable bonds is 17. The maximum atomic E-state index is 12.2. The van der Waals surface area contributed by atoms with Crippen LogP contribution in [0.5, 0.6) is 5.75 Å². The lowest BCUT2D eigenvalue weighted by atomic mass is 9.93. The number of amides is 1. The Morgan fingerprint density at radius 3 is 2.54 bits per heavy atom. The van der Waals surface area contributed by atoms with E-state index in [0.717, 1.165) is 65.7 Å². The van der Waals surface area contributed by atoms with Crippen LogP contribution in [0.25, 0.3) is 11.1 Å². The van der Waals surface area contributed by atoms with Crippen molar-refractivity contribution in [2.24, 2.45) is 0 Å². The maximum Gasteiger partial charge on any atom is 0.251 e. The van der Waals surface area contributed by atoms with Crippen LogP contribution in [0.2, 0.25) is 5.02 Å². The Labute approximate surface area is 274 Å². The lowest BCUT2D eigenvalue weighted by Gasteiger charge is -2.25. The van der Waals surface area contributed by atoms with Gasteiger partial charge < -0.3 is 40.9 Å². The Hall–Kier alpha value is -3.09. The Morgan fingerprint density at radius 1 is 1.07 bits per heavy atom. The standard InChI is InChI=1S/C35H44ClN3O7/c1-21(5-4-15-38-34(45)33(44)32(43)31(42)29(41)20-40)22-8-11-28(36)23(17-22)18-39-35(13-14-35)27-19-37-16-12-25(27)26-6-2-3-7-30(26)46-24-9-10-24/h2-3,6-8,11-12,16-17,19,21,24,29,31-33,39-44H,4-5,9-10,13-15,18,20H2,1H3,(H,38,45). The van der Waals surface area contributed by atoms with Crippen molar-refractivity contribution >= 4 is 17.5 Å². The third kappa shape index (κ3) is 8.24. The number of hydrogen-bond acceptors (Lipinski definition) is 9. The third-order valence-electron chi connectivity index (χ3n) is 8.97. The molecular formula is C35H44ClN3O7. The number of aliphatic hydroxyl groups is 5. The van der Waals surface area contributed by atoms with Crippen molar-refractivity contribution in [3.63, 3.8) is 0 Å². The number of aromatic nitrogens is 1. The molecule has 2 aromatic carbocycles. The fraction of sp³-hybridized carbons (Fsp3) is 0.486. The molecule has 0 bridgehead atoms. The number of halogens is 1. The number of carbonyl (C=O) groups is 1. The highest BCUT2D eigenvalue weighted by atomic mass is 35.5. The summed E-state index contributed by atoms with van der Waals surface area (Å²) in [6.45, 7) is 2.11. The predicted octanol–water partition coefficient (Wildman–Crippen LogP) is 3.16. The molecule has 7 N–H and O–H groups in total. The van der Waals surface area contributed by atoms with Gasteiger partial charge in [0.05, 0.1) is 12.7 Å². The summed E-state index contributed by atoms with van der Waals surface area (Å²) in [5.41, 5.74) is 5.26. The van der Waals surface area contributed by atoms with Crippen molar-refractivity contribution < 1.29 is 35.1 Å². The number of nitrogens with zero attached hydrogens (tertiary/aromatic N) is 1. The summed E-state index contributed by atoms with van der Waals surface area (Å²) in [6.07, 6.45) is 2.20. The van der Waals surface area contributed by atoms with Gasteiger partial charge in [0.15, 0.2) is 6.10 Å². The molecule has 11 heteroatoms. The van der Waals surface area contributed by atoms with Gasteiger partial charge >= 0.3 is 0 Å². The van der Waals surface area contributed by atoms with Gasteiger partial charge in [-0.05, 0) is 84.9 Å². The third-order valence-corrected chi connectivity index (χ3v) is 9.34. The molecule has 2 aliphatic rings. The first-order valence-electron chi connectivity index (χ1n) is 16.0. The summed E-state index contributed by atoms with van der Waals surface area (Å²) in [6, 6.07) is 16.3. The number of carbonyl (C=O) groups excluding carboxylic acids is 1. The molecule has 2 fully saturated rings. The Kier molecular flexibility index (Phi) is 11.3. The molecule has 0 spiro atoms. The van der Waals surface area contributed by atoms with Crippen molar-refractivity contribution in [1.29, 1.82) is 0 Å². The summed E-state index contributed by atoms with van der Waals surface area (Å²) in [5.74, 6) is 0.199. The predicted molar refractivity (Wildman–Crippen MR) is 174 cm³/mol. The molecule has 5 atom stereocenters. The van der Waals surface area contributed by atoms with Gasteiger partial charge in [-0.1, -0.05) is 48.9 Å². The molecule has 1 heterocycles. The van der Waals surface area contributed by atoms with Crippen LogP contribution in [-0.2, 0) is 16.9 Å². The molecule has 248 valence electrons. The zero-order valence-corrected chi connectivity index (χ0v) is 26.7. The second kappa shape index (κ2) is 15.2. The van der Waals surface area contributed by atoms with E-state index in [1.54, 1.807) is 0 Å². The van der Waals surface area contributed by atoms with Crippen LogP contribution in [0.15, 0.2) is 60.9 Å². The molecule has 0 aliphatic heterocycles. The van der Waals surface area contributed by atoms with Gasteiger partial charge in [-0.25, -0.2) is 0 Å². The van der Waals surface area contributed by atoms with E-state index >= 15 is 0 Å². The van der Waals surface area contributed by atoms with Crippen molar-refractivity contribution in [1.82, 2.24) is 15.6 Å². The maximum absolute atomic E-state index is 12.2. The van der Waals surface area contributed by atoms with Gasteiger partial charge in [-0.3, -0.25) is 9.78 Å². The van der Waals surface area contributed by atoms with E-state index in [9.17, 15) is 25.2 Å². The largest absolute Gasteiger partial charge is 0.490 e. The molecule has 46 heavy (non-hydrogen) atoms. The van der Waals surface area contributed by atoms with Crippen molar-refractivity contribution in [2.45, 2.75) is 94.0 Å². The van der Waals surface area contributed by atoms with E-state index in [4.69, 9.17) is 21.4 Å². The topological polar surface area (TPSA) is 164 Å². The van der Waals surface area contributed by atoms with Crippen LogP contribution in [0.4, 0.5) is 0 Å². The fourth-order valence-electron chi connectivity index (χ4n) is 5.70. The van der Waals surface area contributed by atoms with E-state index in [1.165, 1.54) is 0 Å². The number of para-hydroxylation sites is 1. The van der Waals surface area contributed by atoms with E-state index in [0.29, 0.717) is 24.1 Å². The zero-order valence-electron chi connectivity index (χ0n) is 26.0. The molecule has 1 amide bonds. The Balaban J connectivity index is 1.17. The van der Waals surface area contributed by atoms with E-state index < -0.39 is 36.9 Å². The van der Waals surface area contributed by atoms with E-state index in [2.05, 4.69) is 40.7 Å². The average Bonchev–Trinajstić information content (AvgIpc) is 4.02. The Bertz CT molecular complexity index is 1480. The molecule has 0 saturated heterocycles. The van der Waals surface area contributed by atoms with Crippen molar-refractivity contribution in [3.05, 3.63) is 82.6 Å². The molecule has 1 aromatic heterocycles. The summed E-state index contributed by atoms with van der Waals surface area (Å²) < 4.78 is 6.24. The van der Waals surface area contributed by atoms with Gasteiger partial charge in [0.2, 0.25) is 0 Å². The molecule has 5 rings (SSSR count). The minimum atomic E-state index is -1.94. The number of pyridine rings is 1. The van der Waals surface area contributed by atoms with E-state index in [1.807, 2.05) is 42.7 Å². The van der Waals surface area contributed by atoms with Crippen LogP contribution in [0, 0.1) is 0 Å². The second-order valence-electron chi connectivity index (χ2n) is 12.5. The van der Waals surface area contributed by atoms with Gasteiger partial charge in [-0.2, -0.15) is 0 Å². The van der Waals surface area contributed by atoms with Gasteiger partial charge in [0, 0.05) is 41.6 Å². The van der Waals surface area contributed by atoms with Crippen LogP contribution < -0.4 is 15.4 Å². The van der Waals surface area contributed by atoms with Crippen LogP contribution in [-0.4, -0.2) is 80.1 Å². The molecule has 5 unspecified atom stereocenters. The summed E-state index contributed by atoms with van der Waals surface area (Å²) in [7, 11) is 0. The minimum Gasteiger partial charge on any atom is -0.490 e. The molecule has 2 saturated carbocycles. The van der Waals surface area contributed by atoms with Crippen molar-refractivity contribution in [3.8, 4) is 16.9 Å². The first-order valence-corrected chi connectivity index (χ1v) is 16.4. The molecule has 3 aromatic rings. The Morgan fingerprint density at radius 2 is 1.83 bits per heavy atom. The summed E-state index contributed by atoms with van der Waals surface area (Å²) in [4.78, 5) is 16.7.